The van der Waals surface area contributed by atoms with E-state index in [1.807, 2.05) is 41.6 Å². The molecule has 0 aromatic heterocycles. The van der Waals surface area contributed by atoms with Crippen molar-refractivity contribution < 1.29 is 68.8 Å². The van der Waals surface area contributed by atoms with Gasteiger partial charge in [-0.05, 0) is 77.0 Å². The molecule has 2 aromatic carbocycles. The third-order valence-electron chi connectivity index (χ3n) is 6.75. The Morgan fingerprint density at radius 1 is 0.836 bits per heavy atom. The van der Waals surface area contributed by atoms with E-state index in [1.54, 1.807) is 19.1 Å². The molecular formula is C36H55Cl2N5O8S4. The summed E-state index contributed by atoms with van der Waals surface area (Å²) < 4.78 is 10.1. The lowest BCUT2D eigenvalue weighted by Crippen LogP contribution is -3.00. The Hall–Kier alpha value is -2.80. The van der Waals surface area contributed by atoms with Crippen molar-refractivity contribution in [2.45, 2.75) is 83.4 Å². The number of aryl methyl sites for hydroxylation is 1. The topological polar surface area (TPSA) is 207 Å². The molecule has 55 heavy (non-hydrogen) atoms. The summed E-state index contributed by atoms with van der Waals surface area (Å²) in [6, 6.07) is 9.31. The molecule has 0 aliphatic carbocycles. The molecule has 0 heterocycles. The second-order valence-electron chi connectivity index (χ2n) is 11.5. The Kier molecular flexibility index (Phi) is 34.3. The van der Waals surface area contributed by atoms with E-state index in [4.69, 9.17) is 20.6 Å². The van der Waals surface area contributed by atoms with Gasteiger partial charge in [-0.15, -0.1) is 0 Å². The molecule has 0 unspecified atom stereocenters. The van der Waals surface area contributed by atoms with Crippen molar-refractivity contribution in [1.29, 1.82) is 0 Å². The van der Waals surface area contributed by atoms with Gasteiger partial charge in [0.2, 0.25) is 5.84 Å². The Bertz CT molecular complexity index is 1550. The molecule has 6 N–H and O–H groups in total. The van der Waals surface area contributed by atoms with Crippen molar-refractivity contribution in [3.05, 3.63) is 63.2 Å². The summed E-state index contributed by atoms with van der Waals surface area (Å²) in [4.78, 5) is 61.9. The number of esters is 2. The number of nitro benzene ring substituents is 1. The highest BCUT2D eigenvalue weighted by molar-refractivity contribution is 8.77. The zero-order valence-corrected chi connectivity index (χ0v) is 36.0. The molecule has 0 spiro atoms. The maximum absolute atomic E-state index is 12.3. The second-order valence-corrected chi connectivity index (χ2v) is 16.5. The lowest BCUT2D eigenvalue weighted by molar-refractivity contribution is -0.460. The summed E-state index contributed by atoms with van der Waals surface area (Å²) in [5, 5.41) is 20.0. The number of ketones is 2. The molecule has 0 aliphatic rings. The maximum Gasteiger partial charge on any atom is 0.345 e. The number of halogens is 2. The van der Waals surface area contributed by atoms with Gasteiger partial charge in [-0.2, -0.15) is 0 Å². The second kappa shape index (κ2) is 33.4. The number of nitrogens with two attached hydrogens (primary N) is 2. The summed E-state index contributed by atoms with van der Waals surface area (Å²) in [6.45, 7) is 8.41. The quantitative estimate of drug-likeness (QED) is 0.0179. The lowest BCUT2D eigenvalue weighted by atomic mass is 10.1. The Morgan fingerprint density at radius 3 is 1.85 bits per heavy atom. The molecule has 0 saturated heterocycles. The highest BCUT2D eigenvalue weighted by atomic mass is 35.5. The van der Waals surface area contributed by atoms with Crippen LogP contribution in [0.15, 0.2) is 46.2 Å². The van der Waals surface area contributed by atoms with Gasteiger partial charge in [0.05, 0.1) is 36.7 Å². The molecular weight excluding hydrogens is 830 g/mol. The standard InChI is InChI=1S/C23H23NO8S2.C12H26N4S2.CH4.2ClH/c1-14-4-5-17(12-19(14)22(27)31-10-8-15(2)25)33-34-18-6-7-21(24(29)30)20(13-18)23(28)32-11-9-16(3)26;1-11(13)5-9-17-18-10-6-12(14)16-8-4-3-7-15-2;;;/h4-7,12-13H,8-11H2,1-3H3;13,15H,3-10H2,1-2H3,(H2,14,16);1H4;2*1H. The Morgan fingerprint density at radius 2 is 1.35 bits per heavy atom. The first-order valence-corrected chi connectivity index (χ1v) is 21.3. The van der Waals surface area contributed by atoms with E-state index in [9.17, 15) is 29.3 Å². The highest BCUT2D eigenvalue weighted by Crippen LogP contribution is 2.39. The predicted molar refractivity (Wildman–Crippen MR) is 219 cm³/mol. The average Bonchev–Trinajstić information content (AvgIpc) is 3.08. The van der Waals surface area contributed by atoms with Crippen LogP contribution in [0.25, 0.3) is 0 Å². The number of ether oxygens (including phenoxy) is 2. The van der Waals surface area contributed by atoms with Crippen molar-refractivity contribution in [2.24, 2.45) is 5.73 Å². The van der Waals surface area contributed by atoms with Crippen molar-refractivity contribution in [3.8, 4) is 0 Å². The number of unbranched alkanes of at least 4 members (excludes halogenated alkanes) is 1. The van der Waals surface area contributed by atoms with Gasteiger partial charge in [-0.1, -0.05) is 56.7 Å². The van der Waals surface area contributed by atoms with Gasteiger partial charge in [0, 0.05) is 53.5 Å². The number of nitrogens with one attached hydrogen (secondary N) is 2. The molecule has 0 aliphatic heterocycles. The van der Waals surface area contributed by atoms with Crippen LogP contribution in [-0.4, -0.2) is 84.8 Å². The van der Waals surface area contributed by atoms with E-state index < -0.39 is 22.5 Å². The summed E-state index contributed by atoms with van der Waals surface area (Å²) in [6.07, 6.45) is 4.46. The normalized spacial score (nSPS) is 10.3. The fourth-order valence-corrected chi connectivity index (χ4v) is 7.95. The number of carbonyl (C=O) groups excluding carboxylic acids is 4. The molecule has 2 aromatic rings. The molecule has 0 bridgehead atoms. The predicted octanol–water partition coefficient (Wildman–Crippen LogP) is -1.58. The number of hydrogen-bond donors (Lipinski definition) is 4. The van der Waals surface area contributed by atoms with E-state index in [2.05, 4.69) is 10.3 Å². The fraction of sp³-hybridized carbons (Fsp3) is 0.500. The molecule has 310 valence electrons. The zero-order valence-electron chi connectivity index (χ0n) is 31.2. The fourth-order valence-electron chi connectivity index (χ4n) is 3.83. The van der Waals surface area contributed by atoms with Gasteiger partial charge in [0.15, 0.2) is 0 Å². The van der Waals surface area contributed by atoms with E-state index in [0.29, 0.717) is 16.0 Å². The number of carbonyl (C=O) groups is 4. The van der Waals surface area contributed by atoms with Crippen LogP contribution in [-0.2, 0) is 19.1 Å². The average molecular weight is 885 g/mol. The number of benzene rings is 2. The first kappa shape index (κ1) is 56.5. The summed E-state index contributed by atoms with van der Waals surface area (Å²) in [5.74, 6) is 1.41. The summed E-state index contributed by atoms with van der Waals surface area (Å²) >= 11 is 0. The minimum atomic E-state index is -0.883. The number of nitrogens with zero attached hydrogens (tertiary/aromatic N) is 1. The number of nitro groups is 1. The Balaban J connectivity index is -0.00000111. The van der Waals surface area contributed by atoms with Crippen LogP contribution < -0.4 is 46.3 Å². The summed E-state index contributed by atoms with van der Waals surface area (Å²) in [7, 11) is 8.24. The van der Waals surface area contributed by atoms with E-state index in [1.165, 1.54) is 60.1 Å². The minimum Gasteiger partial charge on any atom is -1.00 e. The molecule has 0 amide bonds. The van der Waals surface area contributed by atoms with Gasteiger partial charge in [0.25, 0.3) is 5.69 Å². The number of amidine groups is 1. The van der Waals surface area contributed by atoms with E-state index >= 15 is 0 Å². The van der Waals surface area contributed by atoms with Crippen molar-refractivity contribution in [3.63, 3.8) is 0 Å². The van der Waals surface area contributed by atoms with Crippen LogP contribution in [0.3, 0.4) is 0 Å². The molecule has 19 heteroatoms. The first-order chi connectivity index (χ1) is 24.7. The SMILES string of the molecule is C.CC(=O)CCOC(=O)c1cc(SSc2ccc([N+](=O)[O-])c(C(=O)OCCC(C)=O)c2)ccc1C.CNCCCC[NH+]=C(N)CCSSCCC(C)=[NH2+].[Cl-].[Cl-]. The van der Waals surface area contributed by atoms with Crippen LogP contribution in [0.5, 0.6) is 0 Å². The van der Waals surface area contributed by atoms with Gasteiger partial charge in [-0.3, -0.25) is 35.8 Å². The van der Waals surface area contributed by atoms with Crippen LogP contribution in [0, 0.1) is 17.0 Å². The van der Waals surface area contributed by atoms with E-state index in [-0.39, 0.29) is 75.4 Å². The maximum atomic E-state index is 12.3. The zero-order chi connectivity index (χ0) is 38.9. The van der Waals surface area contributed by atoms with E-state index in [0.717, 1.165) is 60.3 Å². The van der Waals surface area contributed by atoms with Crippen LogP contribution >= 0.6 is 43.2 Å². The number of hydrogen-bond acceptors (Lipinski definition) is 13. The molecule has 0 atom stereocenters. The lowest BCUT2D eigenvalue weighted by Gasteiger charge is -2.09. The molecule has 0 saturated carbocycles. The van der Waals surface area contributed by atoms with Crippen LogP contribution in [0.1, 0.15) is 93.0 Å². The molecule has 0 fully saturated rings. The molecule has 2 rings (SSSR count). The van der Waals surface area contributed by atoms with Crippen molar-refractivity contribution in [1.82, 2.24) is 5.32 Å². The van der Waals surface area contributed by atoms with Crippen LogP contribution in [0.4, 0.5) is 5.69 Å². The van der Waals surface area contributed by atoms with Crippen molar-refractivity contribution in [2.75, 3.05) is 44.9 Å². The smallest absolute Gasteiger partial charge is 0.345 e. The third-order valence-corrected chi connectivity index (χ3v) is 11.5. The number of rotatable bonds is 24. The van der Waals surface area contributed by atoms with Crippen molar-refractivity contribution >= 4 is 83.9 Å². The van der Waals surface area contributed by atoms with Gasteiger partial charge in [0.1, 0.15) is 22.8 Å². The van der Waals surface area contributed by atoms with Gasteiger partial charge >= 0.3 is 11.9 Å². The molecule has 13 nitrogen and oxygen atoms in total. The molecule has 0 radical (unpaired) electrons. The summed E-state index contributed by atoms with van der Waals surface area (Å²) in [5.41, 5.74) is 7.38. The first-order valence-electron chi connectivity index (χ1n) is 16.6. The number of Topliss-reactive ketones (excluding diaryl/α,β-unsaturated/α-hetero) is 2. The van der Waals surface area contributed by atoms with Gasteiger partial charge in [-0.25, -0.2) is 9.59 Å². The monoisotopic (exact) mass is 883 g/mol. The Labute approximate surface area is 353 Å². The highest BCUT2D eigenvalue weighted by Gasteiger charge is 2.22. The van der Waals surface area contributed by atoms with Crippen LogP contribution in [0.2, 0.25) is 0 Å². The third kappa shape index (κ3) is 26.6. The largest absolute Gasteiger partial charge is 1.00 e. The minimum absolute atomic E-state index is 0. The van der Waals surface area contributed by atoms with Gasteiger partial charge < -0.3 is 39.6 Å².